The number of hydrogen-bond acceptors (Lipinski definition) is 3. The average Bonchev–Trinajstić information content (AvgIpc) is 3.26. The maximum Gasteiger partial charge on any atom is 0.325 e. The first-order valence-corrected chi connectivity index (χ1v) is 9.28. The monoisotopic (exact) mass is 297 g/mol. The highest BCUT2D eigenvalue weighted by molar-refractivity contribution is 8.00. The summed E-state index contributed by atoms with van der Waals surface area (Å²) < 4.78 is 0. The van der Waals surface area contributed by atoms with Crippen molar-refractivity contribution in [2.24, 2.45) is 11.8 Å². The molecule has 0 aliphatic heterocycles. The van der Waals surface area contributed by atoms with Gasteiger partial charge < -0.3 is 5.11 Å². The summed E-state index contributed by atoms with van der Waals surface area (Å²) >= 11 is 1.93. The number of carboxylic acids is 1. The van der Waals surface area contributed by atoms with Gasteiger partial charge in [-0.2, -0.15) is 11.8 Å². The third-order valence-corrected chi connectivity index (χ3v) is 6.65. The van der Waals surface area contributed by atoms with Gasteiger partial charge in [-0.1, -0.05) is 19.8 Å². The van der Waals surface area contributed by atoms with Crippen molar-refractivity contribution >= 4 is 17.7 Å². The van der Waals surface area contributed by atoms with Crippen LogP contribution in [0.1, 0.15) is 58.3 Å². The number of thioether (sulfide) groups is 1. The number of rotatable bonds is 7. The lowest BCUT2D eigenvalue weighted by molar-refractivity contribution is -0.145. The van der Waals surface area contributed by atoms with E-state index in [1.54, 1.807) is 0 Å². The van der Waals surface area contributed by atoms with Crippen molar-refractivity contribution in [1.29, 1.82) is 0 Å². The van der Waals surface area contributed by atoms with Gasteiger partial charge >= 0.3 is 5.97 Å². The van der Waals surface area contributed by atoms with Crippen molar-refractivity contribution < 1.29 is 9.90 Å². The van der Waals surface area contributed by atoms with E-state index in [1.165, 1.54) is 25.7 Å². The van der Waals surface area contributed by atoms with Gasteiger partial charge in [-0.15, -0.1) is 0 Å². The predicted octanol–water partition coefficient (Wildman–Crippen LogP) is 3.28. The fourth-order valence-corrected chi connectivity index (χ4v) is 5.26. The van der Waals surface area contributed by atoms with Crippen LogP contribution in [0, 0.1) is 11.8 Å². The summed E-state index contributed by atoms with van der Waals surface area (Å²) in [5.74, 6) is 1.34. The molecule has 0 amide bonds. The Balaban J connectivity index is 1.61. The second kappa shape index (κ2) is 5.88. The first-order valence-electron chi connectivity index (χ1n) is 8.23. The van der Waals surface area contributed by atoms with Crippen LogP contribution in [0.4, 0.5) is 0 Å². The molecule has 114 valence electrons. The van der Waals surface area contributed by atoms with Gasteiger partial charge in [-0.25, -0.2) is 0 Å². The van der Waals surface area contributed by atoms with E-state index < -0.39 is 11.5 Å². The summed E-state index contributed by atoms with van der Waals surface area (Å²) in [6.07, 6.45) is 9.72. The fourth-order valence-electron chi connectivity index (χ4n) is 3.52. The first-order chi connectivity index (χ1) is 9.60. The van der Waals surface area contributed by atoms with Crippen LogP contribution in [0.15, 0.2) is 0 Å². The topological polar surface area (TPSA) is 49.3 Å². The smallest absolute Gasteiger partial charge is 0.325 e. The Morgan fingerprint density at radius 1 is 1.25 bits per heavy atom. The second-order valence-corrected chi connectivity index (χ2v) is 8.46. The third kappa shape index (κ3) is 3.33. The quantitative estimate of drug-likeness (QED) is 0.757. The summed E-state index contributed by atoms with van der Waals surface area (Å²) in [7, 11) is 0. The van der Waals surface area contributed by atoms with Crippen LogP contribution >= 0.6 is 11.8 Å². The van der Waals surface area contributed by atoms with Gasteiger partial charge in [0.2, 0.25) is 0 Å². The van der Waals surface area contributed by atoms with E-state index in [-0.39, 0.29) is 0 Å². The fraction of sp³-hybridized carbons (Fsp3) is 0.938. The summed E-state index contributed by atoms with van der Waals surface area (Å²) in [5, 5.41) is 14.0. The zero-order valence-electron chi connectivity index (χ0n) is 12.4. The Bertz CT molecular complexity index is 367. The van der Waals surface area contributed by atoms with Crippen LogP contribution in [0.3, 0.4) is 0 Å². The van der Waals surface area contributed by atoms with Crippen LogP contribution in [-0.4, -0.2) is 33.7 Å². The van der Waals surface area contributed by atoms with Gasteiger partial charge in [-0.05, 0) is 50.4 Å². The highest BCUT2D eigenvalue weighted by Gasteiger charge is 2.53. The van der Waals surface area contributed by atoms with Crippen molar-refractivity contribution in [2.75, 3.05) is 5.75 Å². The van der Waals surface area contributed by atoms with Gasteiger partial charge in [0.15, 0.2) is 0 Å². The van der Waals surface area contributed by atoms with Gasteiger partial charge in [0.25, 0.3) is 0 Å². The first kappa shape index (κ1) is 14.7. The number of carboxylic acid groups (broad SMARTS) is 1. The molecule has 3 aliphatic carbocycles. The van der Waals surface area contributed by atoms with Crippen molar-refractivity contribution in [1.82, 2.24) is 5.32 Å². The summed E-state index contributed by atoms with van der Waals surface area (Å²) in [4.78, 5) is 11.9. The molecule has 0 aromatic carbocycles. The Hall–Kier alpha value is -0.220. The van der Waals surface area contributed by atoms with Gasteiger partial charge in [0.05, 0.1) is 0 Å². The van der Waals surface area contributed by atoms with Crippen LogP contribution in [0.5, 0.6) is 0 Å². The summed E-state index contributed by atoms with van der Waals surface area (Å²) in [6, 6.07) is 0.470. The molecule has 2 N–H and O–H groups in total. The predicted molar refractivity (Wildman–Crippen MR) is 83.1 cm³/mol. The van der Waals surface area contributed by atoms with Crippen molar-refractivity contribution in [3.8, 4) is 0 Å². The number of carbonyl (C=O) groups is 1. The molecular weight excluding hydrogens is 270 g/mol. The Labute approximate surface area is 126 Å². The van der Waals surface area contributed by atoms with E-state index >= 15 is 0 Å². The Morgan fingerprint density at radius 2 is 2.00 bits per heavy atom. The van der Waals surface area contributed by atoms with E-state index in [4.69, 9.17) is 0 Å². The molecule has 3 atom stereocenters. The van der Waals surface area contributed by atoms with Crippen molar-refractivity contribution in [3.05, 3.63) is 0 Å². The molecule has 4 heteroatoms. The molecule has 0 saturated heterocycles. The van der Waals surface area contributed by atoms with E-state index in [2.05, 4.69) is 12.2 Å². The van der Waals surface area contributed by atoms with E-state index in [0.717, 1.165) is 37.4 Å². The molecule has 3 rings (SSSR count). The Morgan fingerprint density at radius 3 is 2.55 bits per heavy atom. The maximum absolute atomic E-state index is 11.9. The number of hydrogen-bond donors (Lipinski definition) is 2. The molecule has 3 nitrogen and oxygen atoms in total. The highest BCUT2D eigenvalue weighted by atomic mass is 32.2. The largest absolute Gasteiger partial charge is 0.480 e. The lowest BCUT2D eigenvalue weighted by Crippen LogP contribution is -2.57. The minimum Gasteiger partial charge on any atom is -0.480 e. The molecule has 0 bridgehead atoms. The molecule has 3 saturated carbocycles. The molecule has 0 radical (unpaired) electrons. The third-order valence-electron chi connectivity index (χ3n) is 5.13. The highest BCUT2D eigenvalue weighted by Crippen LogP contribution is 2.45. The molecule has 20 heavy (non-hydrogen) atoms. The minimum absolute atomic E-state index is 0.370. The summed E-state index contributed by atoms with van der Waals surface area (Å²) in [5.41, 5.74) is -0.632. The van der Waals surface area contributed by atoms with E-state index in [1.807, 2.05) is 11.8 Å². The standard InChI is InChI=1S/C16H27NO2S/c1-11-3-2-4-14(9-11)20-10-16(15(18)19,12-5-6-12)17-13-7-8-13/h11-14,17H,2-10H2,1H3,(H,18,19). The van der Waals surface area contributed by atoms with Crippen LogP contribution in [0.25, 0.3) is 0 Å². The molecule has 3 fully saturated rings. The maximum atomic E-state index is 11.9. The van der Waals surface area contributed by atoms with Crippen LogP contribution in [-0.2, 0) is 4.79 Å². The van der Waals surface area contributed by atoms with E-state index in [0.29, 0.717) is 17.2 Å². The Kier molecular flexibility index (Phi) is 4.32. The molecule has 0 spiro atoms. The zero-order chi connectivity index (χ0) is 14.2. The molecule has 0 heterocycles. The summed E-state index contributed by atoms with van der Waals surface area (Å²) in [6.45, 7) is 2.33. The van der Waals surface area contributed by atoms with Gasteiger partial charge in [0.1, 0.15) is 5.54 Å². The minimum atomic E-state index is -0.632. The van der Waals surface area contributed by atoms with Gasteiger partial charge in [0, 0.05) is 17.0 Å². The molecule has 0 aromatic heterocycles. The normalized spacial score (nSPS) is 33.6. The molecule has 3 aliphatic rings. The van der Waals surface area contributed by atoms with Crippen molar-refractivity contribution in [3.63, 3.8) is 0 Å². The van der Waals surface area contributed by atoms with Crippen LogP contribution in [0.2, 0.25) is 0 Å². The van der Waals surface area contributed by atoms with Crippen LogP contribution < -0.4 is 5.32 Å². The number of nitrogens with one attached hydrogen (secondary N) is 1. The second-order valence-electron chi connectivity index (χ2n) is 7.17. The average molecular weight is 297 g/mol. The zero-order valence-corrected chi connectivity index (χ0v) is 13.3. The lowest BCUT2D eigenvalue weighted by Gasteiger charge is -2.34. The molecule has 3 unspecified atom stereocenters. The number of aliphatic carboxylic acids is 1. The molecular formula is C16H27NO2S. The van der Waals surface area contributed by atoms with E-state index in [9.17, 15) is 9.90 Å². The SMILES string of the molecule is CC1CCCC(SCC(NC2CC2)(C(=O)O)C2CC2)C1. The van der Waals surface area contributed by atoms with Crippen molar-refractivity contribution in [2.45, 2.75) is 75.1 Å². The van der Waals surface area contributed by atoms with Gasteiger partial charge in [-0.3, -0.25) is 10.1 Å². The lowest BCUT2D eigenvalue weighted by atomic mass is 9.90. The molecule has 0 aromatic rings.